The Bertz CT molecular complexity index is 890. The Morgan fingerprint density at radius 2 is 2.08 bits per heavy atom. The number of nitrogens with one attached hydrogen (secondary N) is 2. The summed E-state index contributed by atoms with van der Waals surface area (Å²) in [5, 5.41) is 2.80. The summed E-state index contributed by atoms with van der Waals surface area (Å²) < 4.78 is 0. The number of pyridine rings is 1. The van der Waals surface area contributed by atoms with Crippen molar-refractivity contribution < 1.29 is 9.59 Å². The maximum absolute atomic E-state index is 12.5. The van der Waals surface area contributed by atoms with Crippen molar-refractivity contribution in [2.45, 2.75) is 19.8 Å². The third-order valence-electron chi connectivity index (χ3n) is 4.54. The number of carbonyl (C=O) groups excluding carboxylic acids is 2. The van der Waals surface area contributed by atoms with E-state index in [1.54, 1.807) is 12.1 Å². The van der Waals surface area contributed by atoms with Crippen molar-refractivity contribution >= 4 is 23.2 Å². The summed E-state index contributed by atoms with van der Waals surface area (Å²) in [4.78, 5) is 40.2. The van der Waals surface area contributed by atoms with E-state index in [2.05, 4.69) is 22.1 Å². The van der Waals surface area contributed by atoms with Crippen molar-refractivity contribution in [2.75, 3.05) is 23.3 Å². The molecular weight excluding hydrogens is 332 g/mol. The molecule has 1 aromatic carbocycles. The van der Waals surface area contributed by atoms with Gasteiger partial charge in [0.15, 0.2) is 0 Å². The van der Waals surface area contributed by atoms with Crippen LogP contribution in [0.4, 0.5) is 11.4 Å². The van der Waals surface area contributed by atoms with E-state index in [0.29, 0.717) is 17.2 Å². The van der Waals surface area contributed by atoms with Crippen LogP contribution in [-0.4, -0.2) is 29.9 Å². The first-order valence-corrected chi connectivity index (χ1v) is 8.63. The predicted molar refractivity (Wildman–Crippen MR) is 101 cm³/mol. The normalized spacial score (nSPS) is 17.0. The standard InChI is InChI=1S/C19H22N4O3/c1-12-4-3-9-23(11-12)16-8-7-13(18(20)25)10-15(16)22-19(26)14-5-2-6-17(24)21-14/h2,5-8,10,12H,3-4,9,11H2,1H3,(H2,20,25)(H,21,24)(H,22,26)/t12-/m0/s1. The molecule has 0 aliphatic carbocycles. The second-order valence-electron chi connectivity index (χ2n) is 6.67. The van der Waals surface area contributed by atoms with Crippen LogP contribution in [0, 0.1) is 5.92 Å². The first kappa shape index (κ1) is 17.7. The molecule has 2 heterocycles. The van der Waals surface area contributed by atoms with Crippen LogP contribution in [0.2, 0.25) is 0 Å². The summed E-state index contributed by atoms with van der Waals surface area (Å²) in [5.74, 6) is -0.462. The zero-order valence-electron chi connectivity index (χ0n) is 14.6. The minimum atomic E-state index is -0.563. The molecule has 3 rings (SSSR count). The lowest BCUT2D eigenvalue weighted by Crippen LogP contribution is -2.35. The fraction of sp³-hybridized carbons (Fsp3) is 0.316. The van der Waals surface area contributed by atoms with E-state index >= 15 is 0 Å². The Hall–Kier alpha value is -3.09. The van der Waals surface area contributed by atoms with Crippen LogP contribution in [0.3, 0.4) is 0 Å². The average molecular weight is 354 g/mol. The van der Waals surface area contributed by atoms with Crippen LogP contribution in [0.1, 0.15) is 40.6 Å². The number of anilines is 2. The summed E-state index contributed by atoms with van der Waals surface area (Å²) in [6.45, 7) is 3.95. The van der Waals surface area contributed by atoms with Gasteiger partial charge in [0.1, 0.15) is 5.69 Å². The molecule has 4 N–H and O–H groups in total. The third-order valence-corrected chi connectivity index (χ3v) is 4.54. The van der Waals surface area contributed by atoms with Gasteiger partial charge in [0.05, 0.1) is 11.4 Å². The second kappa shape index (κ2) is 7.43. The van der Waals surface area contributed by atoms with Gasteiger partial charge in [-0.15, -0.1) is 0 Å². The molecule has 1 atom stereocenters. The van der Waals surface area contributed by atoms with Crippen molar-refractivity contribution in [1.82, 2.24) is 4.98 Å². The van der Waals surface area contributed by atoms with Crippen molar-refractivity contribution in [1.29, 1.82) is 0 Å². The van der Waals surface area contributed by atoms with E-state index in [0.717, 1.165) is 25.2 Å². The fourth-order valence-electron chi connectivity index (χ4n) is 3.24. The first-order chi connectivity index (χ1) is 12.4. The first-order valence-electron chi connectivity index (χ1n) is 8.63. The number of carbonyl (C=O) groups is 2. The molecule has 1 aliphatic heterocycles. The fourth-order valence-corrected chi connectivity index (χ4v) is 3.24. The minimum absolute atomic E-state index is 0.153. The van der Waals surface area contributed by atoms with Crippen LogP contribution in [0.25, 0.3) is 0 Å². The van der Waals surface area contributed by atoms with E-state index < -0.39 is 11.8 Å². The number of amides is 2. The largest absolute Gasteiger partial charge is 0.370 e. The number of nitrogens with zero attached hydrogens (tertiary/aromatic N) is 1. The highest BCUT2D eigenvalue weighted by atomic mass is 16.2. The topological polar surface area (TPSA) is 108 Å². The van der Waals surface area contributed by atoms with Crippen LogP contribution in [0.5, 0.6) is 0 Å². The van der Waals surface area contributed by atoms with Crippen molar-refractivity contribution in [3.63, 3.8) is 0 Å². The quantitative estimate of drug-likeness (QED) is 0.780. The molecule has 136 valence electrons. The lowest BCUT2D eigenvalue weighted by molar-refractivity contribution is 0.0995. The number of H-pyrrole nitrogens is 1. The van der Waals surface area contributed by atoms with E-state index in [1.165, 1.54) is 24.6 Å². The van der Waals surface area contributed by atoms with Crippen molar-refractivity contribution in [2.24, 2.45) is 11.7 Å². The number of primary amides is 1. The third kappa shape index (κ3) is 3.93. The molecule has 2 aromatic rings. The van der Waals surface area contributed by atoms with Gasteiger partial charge in [0.25, 0.3) is 5.91 Å². The molecule has 7 heteroatoms. The number of piperidine rings is 1. The van der Waals surface area contributed by atoms with Gasteiger partial charge in [-0.1, -0.05) is 13.0 Å². The molecule has 7 nitrogen and oxygen atoms in total. The van der Waals surface area contributed by atoms with Gasteiger partial charge in [0.2, 0.25) is 11.5 Å². The van der Waals surface area contributed by atoms with Gasteiger partial charge >= 0.3 is 0 Å². The Morgan fingerprint density at radius 3 is 2.77 bits per heavy atom. The lowest BCUT2D eigenvalue weighted by Gasteiger charge is -2.34. The van der Waals surface area contributed by atoms with E-state index in [9.17, 15) is 14.4 Å². The maximum atomic E-state index is 12.5. The van der Waals surface area contributed by atoms with Gasteiger partial charge in [-0.25, -0.2) is 0 Å². The molecule has 0 saturated carbocycles. The molecule has 1 saturated heterocycles. The van der Waals surface area contributed by atoms with Gasteiger partial charge < -0.3 is 20.9 Å². The molecule has 1 aliphatic rings. The summed E-state index contributed by atoms with van der Waals surface area (Å²) in [6, 6.07) is 9.43. The number of nitrogens with two attached hydrogens (primary N) is 1. The van der Waals surface area contributed by atoms with Crippen molar-refractivity contribution in [3.05, 3.63) is 58.0 Å². The molecule has 0 bridgehead atoms. The molecule has 0 radical (unpaired) electrons. The number of benzene rings is 1. The summed E-state index contributed by atoms with van der Waals surface area (Å²) in [5.41, 5.74) is 6.84. The van der Waals surface area contributed by atoms with Gasteiger partial charge in [-0.2, -0.15) is 0 Å². The Labute approximate surface area is 151 Å². The van der Waals surface area contributed by atoms with Gasteiger partial charge in [0, 0.05) is 24.7 Å². The van der Waals surface area contributed by atoms with Crippen LogP contribution in [-0.2, 0) is 0 Å². The zero-order chi connectivity index (χ0) is 18.7. The highest BCUT2D eigenvalue weighted by Crippen LogP contribution is 2.31. The van der Waals surface area contributed by atoms with Crippen LogP contribution < -0.4 is 21.5 Å². The molecule has 2 amide bonds. The summed E-state index contributed by atoms with van der Waals surface area (Å²) in [6.07, 6.45) is 2.24. The van der Waals surface area contributed by atoms with Crippen molar-refractivity contribution in [3.8, 4) is 0 Å². The number of hydrogen-bond acceptors (Lipinski definition) is 4. The Balaban J connectivity index is 1.94. The molecule has 0 spiro atoms. The molecular formula is C19H22N4O3. The van der Waals surface area contributed by atoms with E-state index in [4.69, 9.17) is 5.73 Å². The monoisotopic (exact) mass is 354 g/mol. The highest BCUT2D eigenvalue weighted by Gasteiger charge is 2.21. The maximum Gasteiger partial charge on any atom is 0.272 e. The molecule has 1 aromatic heterocycles. The van der Waals surface area contributed by atoms with Crippen LogP contribution in [0.15, 0.2) is 41.2 Å². The predicted octanol–water partition coefficient (Wildman–Crippen LogP) is 1.96. The number of aromatic nitrogens is 1. The Morgan fingerprint density at radius 1 is 1.27 bits per heavy atom. The molecule has 0 unspecified atom stereocenters. The molecule has 26 heavy (non-hydrogen) atoms. The number of aromatic amines is 1. The number of rotatable bonds is 4. The number of hydrogen-bond donors (Lipinski definition) is 3. The van der Waals surface area contributed by atoms with Gasteiger partial charge in [-0.05, 0) is 43.0 Å². The van der Waals surface area contributed by atoms with E-state index in [1.807, 2.05) is 6.07 Å². The van der Waals surface area contributed by atoms with E-state index in [-0.39, 0.29) is 11.3 Å². The SMILES string of the molecule is C[C@H]1CCCN(c2ccc(C(N)=O)cc2NC(=O)c2cccc(=O)[nH]2)C1. The van der Waals surface area contributed by atoms with Gasteiger partial charge in [-0.3, -0.25) is 14.4 Å². The smallest absolute Gasteiger partial charge is 0.272 e. The molecule has 1 fully saturated rings. The minimum Gasteiger partial charge on any atom is -0.370 e. The van der Waals surface area contributed by atoms with Crippen LogP contribution >= 0.6 is 0 Å². The average Bonchev–Trinajstić information content (AvgIpc) is 2.61. The highest BCUT2D eigenvalue weighted by molar-refractivity contribution is 6.06. The summed E-state index contributed by atoms with van der Waals surface area (Å²) in [7, 11) is 0. The second-order valence-corrected chi connectivity index (χ2v) is 6.67. The Kier molecular flexibility index (Phi) is 5.06. The lowest BCUT2D eigenvalue weighted by atomic mass is 9.99. The summed E-state index contributed by atoms with van der Waals surface area (Å²) >= 11 is 0. The zero-order valence-corrected chi connectivity index (χ0v) is 14.6.